The van der Waals surface area contributed by atoms with Crippen LogP contribution in [-0.2, 0) is 0 Å². The van der Waals surface area contributed by atoms with E-state index < -0.39 is 0 Å². The van der Waals surface area contributed by atoms with Crippen LogP contribution in [0.4, 0.5) is 51.2 Å². The third-order valence-electron chi connectivity index (χ3n) is 13.8. The van der Waals surface area contributed by atoms with Crippen LogP contribution in [0.25, 0.3) is 75.2 Å². The van der Waals surface area contributed by atoms with Crippen molar-refractivity contribution >= 4 is 127 Å². The normalized spacial score (nSPS) is 11.6. The number of anilines is 9. The summed E-state index contributed by atoms with van der Waals surface area (Å²) < 4.78 is 15.6. The molecular formula is C66H43N3O2S. The molecule has 3 aromatic heterocycles. The molecule has 11 aromatic carbocycles. The van der Waals surface area contributed by atoms with E-state index in [1.54, 1.807) is 0 Å². The molecule has 6 heteroatoms. The van der Waals surface area contributed by atoms with Gasteiger partial charge in [-0.1, -0.05) is 109 Å². The second kappa shape index (κ2) is 17.2. The highest BCUT2D eigenvalue weighted by atomic mass is 32.1. The summed E-state index contributed by atoms with van der Waals surface area (Å²) in [7, 11) is 0. The minimum absolute atomic E-state index is 0.827. The fourth-order valence-electron chi connectivity index (χ4n) is 10.4. The Bertz CT molecular complexity index is 4220. The van der Waals surface area contributed by atoms with Crippen LogP contribution in [0.5, 0.6) is 0 Å². The van der Waals surface area contributed by atoms with Gasteiger partial charge in [-0.05, 0) is 157 Å². The Kier molecular flexibility index (Phi) is 9.96. The fraction of sp³-hybridized carbons (Fsp3) is 0. The molecule has 14 rings (SSSR count). The van der Waals surface area contributed by atoms with Crippen molar-refractivity contribution in [2.24, 2.45) is 0 Å². The smallest absolute Gasteiger partial charge is 0.137 e. The molecule has 0 aliphatic carbocycles. The zero-order valence-corrected chi connectivity index (χ0v) is 39.7. The zero-order valence-electron chi connectivity index (χ0n) is 38.9. The van der Waals surface area contributed by atoms with Crippen molar-refractivity contribution < 1.29 is 8.83 Å². The summed E-state index contributed by atoms with van der Waals surface area (Å²) in [5.41, 5.74) is 15.2. The molecule has 0 unspecified atom stereocenters. The minimum atomic E-state index is 0.827. The highest BCUT2D eigenvalue weighted by molar-refractivity contribution is 7.25. The molecule has 0 aliphatic rings. The molecular weight excluding hydrogens is 899 g/mol. The summed E-state index contributed by atoms with van der Waals surface area (Å²) >= 11 is 1.83. The van der Waals surface area contributed by atoms with E-state index in [1.165, 1.54) is 20.2 Å². The van der Waals surface area contributed by atoms with E-state index in [4.69, 9.17) is 8.83 Å². The van der Waals surface area contributed by atoms with Gasteiger partial charge >= 0.3 is 0 Å². The van der Waals surface area contributed by atoms with Crippen molar-refractivity contribution in [2.75, 3.05) is 14.7 Å². The Morgan fingerprint density at radius 1 is 0.222 bits per heavy atom. The van der Waals surface area contributed by atoms with Gasteiger partial charge in [-0.25, -0.2) is 0 Å². The highest BCUT2D eigenvalue weighted by Gasteiger charge is 2.21. The SMILES string of the molecule is c1ccc(N(c2ccccc2)c2ccc3c(c2)oc2ccc(N(c4cccc(-c5ccc6c(c5)oc5ccccc56)c4)c4ccc5sc6ccc(N(c7ccccc7)c7ccccc7)cc6c5c4)cc23)cc1. The van der Waals surface area contributed by atoms with Crippen LogP contribution in [0.3, 0.4) is 0 Å². The number of thiophene rings is 1. The van der Waals surface area contributed by atoms with Crippen LogP contribution < -0.4 is 14.7 Å². The number of hydrogen-bond acceptors (Lipinski definition) is 6. The number of benzene rings is 11. The maximum Gasteiger partial charge on any atom is 0.137 e. The van der Waals surface area contributed by atoms with Gasteiger partial charge in [0.25, 0.3) is 0 Å². The molecule has 0 saturated heterocycles. The lowest BCUT2D eigenvalue weighted by atomic mass is 10.0. The first-order valence-electron chi connectivity index (χ1n) is 24.2. The first kappa shape index (κ1) is 41.6. The molecule has 0 aliphatic heterocycles. The molecule has 14 aromatic rings. The van der Waals surface area contributed by atoms with E-state index in [1.807, 2.05) is 23.5 Å². The van der Waals surface area contributed by atoms with Crippen molar-refractivity contribution in [3.8, 4) is 11.1 Å². The summed E-state index contributed by atoms with van der Waals surface area (Å²) in [6.07, 6.45) is 0. The van der Waals surface area contributed by atoms with Crippen LogP contribution in [0.15, 0.2) is 270 Å². The van der Waals surface area contributed by atoms with Gasteiger partial charge in [-0.2, -0.15) is 0 Å². The number of rotatable bonds is 10. The maximum atomic E-state index is 6.73. The Hall–Kier alpha value is -9.36. The first-order chi connectivity index (χ1) is 35.7. The average Bonchev–Trinajstić information content (AvgIpc) is 4.13. The third kappa shape index (κ3) is 7.24. The predicted octanol–water partition coefficient (Wildman–Crippen LogP) is 19.9. The Morgan fingerprint density at radius 2 is 0.611 bits per heavy atom. The van der Waals surface area contributed by atoms with Crippen LogP contribution >= 0.6 is 11.3 Å². The lowest BCUT2D eigenvalue weighted by Crippen LogP contribution is -2.10. The van der Waals surface area contributed by atoms with Crippen molar-refractivity contribution in [1.29, 1.82) is 0 Å². The van der Waals surface area contributed by atoms with Gasteiger partial charge in [0.15, 0.2) is 0 Å². The first-order valence-corrected chi connectivity index (χ1v) is 25.0. The average molecular weight is 942 g/mol. The van der Waals surface area contributed by atoms with Crippen molar-refractivity contribution in [1.82, 2.24) is 0 Å². The number of nitrogens with zero attached hydrogens (tertiary/aromatic N) is 3. The molecule has 0 fully saturated rings. The van der Waals surface area contributed by atoms with Crippen LogP contribution in [-0.4, -0.2) is 0 Å². The van der Waals surface area contributed by atoms with E-state index in [2.05, 4.69) is 263 Å². The maximum absolute atomic E-state index is 6.73. The molecule has 0 bridgehead atoms. The molecule has 340 valence electrons. The summed E-state index contributed by atoms with van der Waals surface area (Å²) in [4.78, 5) is 6.99. The lowest BCUT2D eigenvalue weighted by molar-refractivity contribution is 0.668. The number of furan rings is 2. The van der Waals surface area contributed by atoms with E-state index in [9.17, 15) is 0 Å². The molecule has 0 spiro atoms. The largest absolute Gasteiger partial charge is 0.456 e. The summed E-state index contributed by atoms with van der Waals surface area (Å²) in [5.74, 6) is 0. The Balaban J connectivity index is 0.924. The molecule has 72 heavy (non-hydrogen) atoms. The second-order valence-electron chi connectivity index (χ2n) is 18.1. The van der Waals surface area contributed by atoms with Crippen molar-refractivity contribution in [3.05, 3.63) is 261 Å². The molecule has 3 heterocycles. The molecule has 0 atom stereocenters. The number of para-hydroxylation sites is 5. The van der Waals surface area contributed by atoms with Crippen molar-refractivity contribution in [3.63, 3.8) is 0 Å². The van der Waals surface area contributed by atoms with Gasteiger partial charge in [0.1, 0.15) is 22.3 Å². The highest BCUT2D eigenvalue weighted by Crippen LogP contribution is 2.46. The third-order valence-corrected chi connectivity index (χ3v) is 14.9. The lowest BCUT2D eigenvalue weighted by Gasteiger charge is -2.26. The van der Waals surface area contributed by atoms with Crippen LogP contribution in [0.1, 0.15) is 0 Å². The van der Waals surface area contributed by atoms with E-state index in [0.29, 0.717) is 0 Å². The fourth-order valence-corrected chi connectivity index (χ4v) is 11.5. The standard InChI is InChI=1S/C66H43N3O2S/c1-5-17-46(18-6-1)67(47-19-7-2-8-20-47)52-31-36-65-59(41-52)60-42-53(32-37-66(60)72-65)69(50-25-15-16-44(38-50)45-28-33-56-55-26-13-14-27-61(55)70-63(56)39-45)51-30-35-62-58(40-51)57-34-29-54(43-64(57)71-62)68(48-21-9-3-10-22-48)49-23-11-4-12-24-49/h1-43H. The molecule has 0 radical (unpaired) electrons. The summed E-state index contributed by atoms with van der Waals surface area (Å²) in [6.45, 7) is 0. The molecule has 0 saturated carbocycles. The van der Waals surface area contributed by atoms with Gasteiger partial charge in [0.05, 0.1) is 0 Å². The van der Waals surface area contributed by atoms with E-state index >= 15 is 0 Å². The second-order valence-corrected chi connectivity index (χ2v) is 19.2. The van der Waals surface area contributed by atoms with Gasteiger partial charge in [-0.15, -0.1) is 11.3 Å². The van der Waals surface area contributed by atoms with E-state index in [0.717, 1.165) is 106 Å². The zero-order chi connectivity index (χ0) is 47.5. The quantitative estimate of drug-likeness (QED) is 0.137. The molecule has 5 nitrogen and oxygen atoms in total. The van der Waals surface area contributed by atoms with Gasteiger partial charge in [0, 0.05) is 99.0 Å². The van der Waals surface area contributed by atoms with Crippen LogP contribution in [0, 0.1) is 0 Å². The van der Waals surface area contributed by atoms with E-state index in [-0.39, 0.29) is 0 Å². The van der Waals surface area contributed by atoms with Gasteiger partial charge in [0.2, 0.25) is 0 Å². The topological polar surface area (TPSA) is 36.0 Å². The molecule has 0 N–H and O–H groups in total. The molecule has 0 amide bonds. The summed E-state index contributed by atoms with van der Waals surface area (Å²) in [5, 5.41) is 6.76. The van der Waals surface area contributed by atoms with Crippen molar-refractivity contribution in [2.45, 2.75) is 0 Å². The van der Waals surface area contributed by atoms with Gasteiger partial charge in [-0.3, -0.25) is 0 Å². The van der Waals surface area contributed by atoms with Crippen LogP contribution in [0.2, 0.25) is 0 Å². The predicted molar refractivity (Wildman–Crippen MR) is 303 cm³/mol. The Morgan fingerprint density at radius 3 is 1.21 bits per heavy atom. The van der Waals surface area contributed by atoms with Gasteiger partial charge < -0.3 is 23.5 Å². The Labute approximate surface area is 419 Å². The monoisotopic (exact) mass is 941 g/mol. The summed E-state index contributed by atoms with van der Waals surface area (Å²) in [6, 6.07) is 92.8. The number of hydrogen-bond donors (Lipinski definition) is 0. The minimum Gasteiger partial charge on any atom is -0.456 e. The number of fused-ring (bicyclic) bond motifs is 9.